The molecule has 0 amide bonds. The Balaban J connectivity index is 0.903. The summed E-state index contributed by atoms with van der Waals surface area (Å²) in [6, 6.07) is 106. The second-order valence-corrected chi connectivity index (χ2v) is 24.1. The summed E-state index contributed by atoms with van der Waals surface area (Å²) in [4.78, 5) is 8.30. The van der Waals surface area contributed by atoms with Gasteiger partial charge in [-0.1, -0.05) is 203 Å². The van der Waals surface area contributed by atoms with Crippen molar-refractivity contribution in [1.29, 1.82) is 0 Å². The minimum Gasteiger partial charge on any atom is -0.311 e. The Morgan fingerprint density at radius 3 is 0.733 bits per heavy atom. The highest BCUT2D eigenvalue weighted by Crippen LogP contribution is 2.50. The minimum atomic E-state index is 1.10. The normalized spacial score (nSPS) is 11.4. The molecule has 0 fully saturated rings. The van der Waals surface area contributed by atoms with E-state index in [-0.39, 0.29) is 0 Å². The van der Waals surface area contributed by atoms with E-state index in [1.165, 1.54) is 109 Å². The molecule has 0 spiro atoms. The molecule has 14 aromatic rings. The highest BCUT2D eigenvalue weighted by molar-refractivity contribution is 7.23. The van der Waals surface area contributed by atoms with Crippen molar-refractivity contribution in [1.82, 2.24) is 0 Å². The number of hydrogen-bond acceptors (Lipinski definition) is 4. The summed E-state index contributed by atoms with van der Waals surface area (Å²) in [5.74, 6) is 0. The van der Waals surface area contributed by atoms with E-state index in [4.69, 9.17) is 0 Å². The molecule has 1 heterocycles. The highest BCUT2D eigenvalue weighted by atomic mass is 32.1. The maximum absolute atomic E-state index is 2.45. The fourth-order valence-electron chi connectivity index (χ4n) is 12.3. The molecule has 414 valence electrons. The van der Waals surface area contributed by atoms with Crippen molar-refractivity contribution in [3.05, 3.63) is 318 Å². The van der Waals surface area contributed by atoms with Gasteiger partial charge in [0.1, 0.15) is 0 Å². The van der Waals surface area contributed by atoms with E-state index >= 15 is 0 Å². The number of hydrogen-bond donors (Lipinski definition) is 0. The quantitative estimate of drug-likeness (QED) is 0.107. The molecule has 0 radical (unpaired) electrons. The van der Waals surface area contributed by atoms with E-state index in [0.29, 0.717) is 0 Å². The first-order valence-corrected chi connectivity index (χ1v) is 30.5. The molecular formula is C82H65N3S. The molecular weight excluding hydrogens is 1060 g/mol. The average molecular weight is 1120 g/mol. The molecule has 0 aliphatic carbocycles. The maximum atomic E-state index is 2.45. The Morgan fingerprint density at radius 2 is 0.442 bits per heavy atom. The standard InChI is InChI=1S/C82H65N3S/c1-54-15-34-64(35-16-54)83(65-36-17-55(2)18-37-65)70-46-27-60(28-47-70)79-73-11-7-9-13-75(73)80(76-14-10-8-12-74(76)79)63-33-52-77-78(53-63)86-82(62-31-50-72(51-32-62)85(68-42-23-58(5)24-43-68)69-44-25-59(6)26-45-69)81(77)61-29-48-71(49-30-61)84(66-38-19-56(3)20-39-66)67-40-21-57(4)22-41-67/h7-53H,1-6H3. The Labute approximate surface area is 509 Å². The fraction of sp³-hybridized carbons (Fsp3) is 0.0732. The van der Waals surface area contributed by atoms with Crippen molar-refractivity contribution in [3.8, 4) is 43.8 Å². The van der Waals surface area contributed by atoms with Crippen molar-refractivity contribution >= 4 is 94.2 Å². The predicted molar refractivity (Wildman–Crippen MR) is 371 cm³/mol. The molecule has 0 saturated carbocycles. The van der Waals surface area contributed by atoms with Gasteiger partial charge in [0, 0.05) is 71.7 Å². The SMILES string of the molecule is Cc1ccc(N(c2ccc(C)cc2)c2ccc(-c3sc4cc(-c5c6ccccc6c(-c6ccc(N(c7ccc(C)cc7)c7ccc(C)cc7)cc6)c6ccccc56)ccc4c3-c3ccc(N(c4ccc(C)cc4)c4ccc(C)cc4)cc3)cc2)cc1. The number of anilines is 9. The second-order valence-electron chi connectivity index (χ2n) is 23.0. The molecule has 0 atom stereocenters. The van der Waals surface area contributed by atoms with E-state index < -0.39 is 0 Å². The van der Waals surface area contributed by atoms with E-state index in [9.17, 15) is 0 Å². The van der Waals surface area contributed by atoms with Crippen molar-refractivity contribution in [2.24, 2.45) is 0 Å². The third-order valence-electron chi connectivity index (χ3n) is 16.9. The first-order valence-electron chi connectivity index (χ1n) is 29.7. The summed E-state index contributed by atoms with van der Waals surface area (Å²) in [5, 5.41) is 6.15. The molecule has 14 rings (SSSR count). The molecule has 0 unspecified atom stereocenters. The van der Waals surface area contributed by atoms with Gasteiger partial charge >= 0.3 is 0 Å². The summed E-state index contributed by atoms with van der Waals surface area (Å²) in [6.07, 6.45) is 0. The zero-order valence-electron chi connectivity index (χ0n) is 49.4. The monoisotopic (exact) mass is 1120 g/mol. The van der Waals surface area contributed by atoms with Gasteiger partial charge in [-0.3, -0.25) is 0 Å². The highest BCUT2D eigenvalue weighted by Gasteiger charge is 2.23. The molecule has 4 heteroatoms. The maximum Gasteiger partial charge on any atom is 0.0462 e. The molecule has 86 heavy (non-hydrogen) atoms. The number of benzene rings is 13. The smallest absolute Gasteiger partial charge is 0.0462 e. The fourth-order valence-corrected chi connectivity index (χ4v) is 13.6. The first kappa shape index (κ1) is 53.7. The van der Waals surface area contributed by atoms with Crippen LogP contribution in [0.25, 0.3) is 75.5 Å². The van der Waals surface area contributed by atoms with Crippen molar-refractivity contribution in [3.63, 3.8) is 0 Å². The molecule has 0 bridgehead atoms. The van der Waals surface area contributed by atoms with Crippen molar-refractivity contribution in [2.45, 2.75) is 41.5 Å². The van der Waals surface area contributed by atoms with Gasteiger partial charge in [-0.25, -0.2) is 0 Å². The lowest BCUT2D eigenvalue weighted by Gasteiger charge is -2.26. The summed E-state index contributed by atoms with van der Waals surface area (Å²) in [7, 11) is 0. The van der Waals surface area contributed by atoms with E-state index in [2.05, 4.69) is 341 Å². The lowest BCUT2D eigenvalue weighted by Crippen LogP contribution is -2.09. The Hall–Kier alpha value is -10.3. The van der Waals surface area contributed by atoms with Crippen LogP contribution in [0.4, 0.5) is 51.2 Å². The van der Waals surface area contributed by atoms with Crippen LogP contribution in [-0.2, 0) is 0 Å². The summed E-state index contributed by atoms with van der Waals surface area (Å²) in [6.45, 7) is 12.9. The number of fused-ring (bicyclic) bond motifs is 3. The van der Waals surface area contributed by atoms with Crippen LogP contribution in [0.15, 0.2) is 285 Å². The van der Waals surface area contributed by atoms with Crippen LogP contribution >= 0.6 is 11.3 Å². The topological polar surface area (TPSA) is 9.72 Å². The molecule has 13 aromatic carbocycles. The van der Waals surface area contributed by atoms with Crippen LogP contribution in [0.1, 0.15) is 33.4 Å². The van der Waals surface area contributed by atoms with Gasteiger partial charge in [0.15, 0.2) is 0 Å². The number of aryl methyl sites for hydroxylation is 6. The van der Waals surface area contributed by atoms with Gasteiger partial charge in [0.25, 0.3) is 0 Å². The van der Waals surface area contributed by atoms with Gasteiger partial charge < -0.3 is 14.7 Å². The van der Waals surface area contributed by atoms with Crippen LogP contribution in [-0.4, -0.2) is 0 Å². The van der Waals surface area contributed by atoms with Gasteiger partial charge in [-0.2, -0.15) is 0 Å². The Bertz CT molecular complexity index is 4540. The number of thiophene rings is 1. The lowest BCUT2D eigenvalue weighted by molar-refractivity contribution is 1.27. The van der Waals surface area contributed by atoms with Crippen molar-refractivity contribution in [2.75, 3.05) is 14.7 Å². The van der Waals surface area contributed by atoms with Crippen LogP contribution in [0, 0.1) is 41.5 Å². The molecule has 0 saturated heterocycles. The van der Waals surface area contributed by atoms with E-state index in [1.807, 2.05) is 11.3 Å². The summed E-state index contributed by atoms with van der Waals surface area (Å²) in [5.41, 5.74) is 25.9. The average Bonchev–Trinajstić information content (AvgIpc) is 1.17. The molecule has 0 aliphatic heterocycles. The summed E-state index contributed by atoms with van der Waals surface area (Å²) >= 11 is 1.88. The lowest BCUT2D eigenvalue weighted by atomic mass is 9.85. The Kier molecular flexibility index (Phi) is 14.2. The van der Waals surface area contributed by atoms with Crippen LogP contribution < -0.4 is 14.7 Å². The largest absolute Gasteiger partial charge is 0.311 e. The molecule has 0 aliphatic rings. The zero-order chi connectivity index (χ0) is 58.4. The van der Waals surface area contributed by atoms with Gasteiger partial charge in [-0.05, 0) is 212 Å². The van der Waals surface area contributed by atoms with Crippen molar-refractivity contribution < 1.29 is 0 Å². The Morgan fingerprint density at radius 1 is 0.209 bits per heavy atom. The van der Waals surface area contributed by atoms with E-state index in [1.54, 1.807) is 0 Å². The number of nitrogens with zero attached hydrogens (tertiary/aromatic N) is 3. The van der Waals surface area contributed by atoms with Crippen LogP contribution in [0.5, 0.6) is 0 Å². The third-order valence-corrected chi connectivity index (χ3v) is 18.1. The second kappa shape index (κ2) is 22.7. The number of rotatable bonds is 13. The molecule has 0 N–H and O–H groups in total. The van der Waals surface area contributed by atoms with E-state index in [0.717, 1.165) is 51.2 Å². The summed E-state index contributed by atoms with van der Waals surface area (Å²) < 4.78 is 1.24. The minimum absolute atomic E-state index is 1.10. The van der Waals surface area contributed by atoms with Gasteiger partial charge in [0.05, 0.1) is 0 Å². The predicted octanol–water partition coefficient (Wildman–Crippen LogP) is 24.1. The first-order chi connectivity index (χ1) is 42.1. The molecule has 1 aromatic heterocycles. The van der Waals surface area contributed by atoms with Gasteiger partial charge in [-0.15, -0.1) is 11.3 Å². The molecule has 3 nitrogen and oxygen atoms in total. The van der Waals surface area contributed by atoms with Crippen LogP contribution in [0.2, 0.25) is 0 Å². The van der Waals surface area contributed by atoms with Crippen LogP contribution in [0.3, 0.4) is 0 Å². The zero-order valence-corrected chi connectivity index (χ0v) is 50.2. The van der Waals surface area contributed by atoms with Gasteiger partial charge in [0.2, 0.25) is 0 Å². The third kappa shape index (κ3) is 10.3.